The van der Waals surface area contributed by atoms with Gasteiger partial charge in [-0.1, -0.05) is 13.8 Å². The fourth-order valence-electron chi connectivity index (χ4n) is 2.27. The number of likely N-dealkylation sites (N-methyl/N-ethyl adjacent to an activating group) is 1. The lowest BCUT2D eigenvalue weighted by Gasteiger charge is -2.35. The van der Waals surface area contributed by atoms with Crippen molar-refractivity contribution in [3.63, 3.8) is 0 Å². The van der Waals surface area contributed by atoms with Crippen molar-refractivity contribution in [3.8, 4) is 0 Å². The van der Waals surface area contributed by atoms with Gasteiger partial charge in [0.25, 0.3) is 0 Å². The molecule has 1 fully saturated rings. The molecule has 1 saturated heterocycles. The zero-order valence-corrected chi connectivity index (χ0v) is 12.8. The molecule has 1 heterocycles. The van der Waals surface area contributed by atoms with Crippen LogP contribution in [0.25, 0.3) is 0 Å². The second-order valence-electron chi connectivity index (χ2n) is 5.95. The zero-order chi connectivity index (χ0) is 13.4. The Morgan fingerprint density at radius 2 is 1.56 bits per heavy atom. The van der Waals surface area contributed by atoms with Crippen LogP contribution in [0.4, 0.5) is 0 Å². The Balaban J connectivity index is 2.01. The summed E-state index contributed by atoms with van der Waals surface area (Å²) in [4.78, 5) is 7.46. The fourth-order valence-corrected chi connectivity index (χ4v) is 2.27. The third kappa shape index (κ3) is 7.31. The molecule has 1 aliphatic rings. The molecule has 0 aromatic rings. The summed E-state index contributed by atoms with van der Waals surface area (Å²) in [6.07, 6.45) is 1.27. The Labute approximate surface area is 113 Å². The average Bonchev–Trinajstić information content (AvgIpc) is 2.33. The van der Waals surface area contributed by atoms with Crippen molar-refractivity contribution in [3.05, 3.63) is 0 Å². The Hall–Kier alpha value is -0.160. The van der Waals surface area contributed by atoms with Crippen LogP contribution in [0.2, 0.25) is 0 Å². The first-order chi connectivity index (χ1) is 8.58. The summed E-state index contributed by atoms with van der Waals surface area (Å²) in [7, 11) is 4.30. The Morgan fingerprint density at radius 3 is 2.06 bits per heavy atom. The van der Waals surface area contributed by atoms with E-state index in [4.69, 9.17) is 0 Å². The third-order valence-electron chi connectivity index (χ3n) is 3.53. The van der Waals surface area contributed by atoms with Crippen LogP contribution in [0.1, 0.15) is 20.3 Å². The predicted molar refractivity (Wildman–Crippen MR) is 79.2 cm³/mol. The van der Waals surface area contributed by atoms with Crippen LogP contribution >= 0.6 is 0 Å². The van der Waals surface area contributed by atoms with Gasteiger partial charge >= 0.3 is 0 Å². The maximum absolute atomic E-state index is 3.48. The zero-order valence-electron chi connectivity index (χ0n) is 12.8. The summed E-state index contributed by atoms with van der Waals surface area (Å²) in [5.74, 6) is 0. The molecule has 0 aromatic heterocycles. The highest BCUT2D eigenvalue weighted by Crippen LogP contribution is 2.02. The van der Waals surface area contributed by atoms with Crippen LogP contribution < -0.4 is 5.32 Å². The van der Waals surface area contributed by atoms with Gasteiger partial charge in [0, 0.05) is 45.3 Å². The van der Waals surface area contributed by atoms with E-state index in [-0.39, 0.29) is 0 Å². The Kier molecular flexibility index (Phi) is 7.82. The minimum Gasteiger partial charge on any atom is -0.314 e. The van der Waals surface area contributed by atoms with Crippen molar-refractivity contribution < 1.29 is 0 Å². The number of nitrogens with one attached hydrogen (secondary N) is 1. The molecule has 1 N–H and O–H groups in total. The van der Waals surface area contributed by atoms with E-state index < -0.39 is 0 Å². The topological polar surface area (TPSA) is 21.8 Å². The lowest BCUT2D eigenvalue weighted by Crippen LogP contribution is -2.48. The van der Waals surface area contributed by atoms with Gasteiger partial charge in [-0.3, -0.25) is 4.90 Å². The highest BCUT2D eigenvalue weighted by atomic mass is 15.3. The molecular weight excluding hydrogens is 224 g/mol. The number of piperazine rings is 1. The molecule has 0 aromatic carbocycles. The molecule has 4 nitrogen and oxygen atoms in total. The van der Waals surface area contributed by atoms with E-state index >= 15 is 0 Å². The van der Waals surface area contributed by atoms with Gasteiger partial charge in [-0.15, -0.1) is 0 Å². The van der Waals surface area contributed by atoms with Crippen molar-refractivity contribution in [1.82, 2.24) is 20.0 Å². The molecule has 18 heavy (non-hydrogen) atoms. The molecule has 0 aliphatic carbocycles. The van der Waals surface area contributed by atoms with Gasteiger partial charge in [0.1, 0.15) is 0 Å². The fraction of sp³-hybridized carbons (Fsp3) is 1.00. The minimum absolute atomic E-state index is 0.618. The van der Waals surface area contributed by atoms with E-state index in [1.807, 2.05) is 0 Å². The van der Waals surface area contributed by atoms with Gasteiger partial charge in [0.2, 0.25) is 0 Å². The van der Waals surface area contributed by atoms with Gasteiger partial charge < -0.3 is 15.1 Å². The van der Waals surface area contributed by atoms with Crippen LogP contribution in [0.3, 0.4) is 0 Å². The third-order valence-corrected chi connectivity index (χ3v) is 3.53. The highest BCUT2D eigenvalue weighted by molar-refractivity contribution is 4.72. The molecular formula is C14H32N4. The van der Waals surface area contributed by atoms with E-state index in [2.05, 4.69) is 48.0 Å². The van der Waals surface area contributed by atoms with Gasteiger partial charge in [0.15, 0.2) is 0 Å². The molecule has 108 valence electrons. The lowest BCUT2D eigenvalue weighted by atomic mass is 10.2. The van der Waals surface area contributed by atoms with E-state index in [9.17, 15) is 0 Å². The first-order valence-electron chi connectivity index (χ1n) is 7.40. The molecule has 4 heteroatoms. The second-order valence-corrected chi connectivity index (χ2v) is 5.95. The quantitative estimate of drug-likeness (QED) is 0.640. The smallest absolute Gasteiger partial charge is 0.0110 e. The first-order valence-corrected chi connectivity index (χ1v) is 7.40. The normalized spacial score (nSPS) is 19.0. The molecule has 0 bridgehead atoms. The summed E-state index contributed by atoms with van der Waals surface area (Å²) in [5.41, 5.74) is 0. The maximum Gasteiger partial charge on any atom is 0.0110 e. The average molecular weight is 256 g/mol. The summed E-state index contributed by atoms with van der Waals surface area (Å²) in [6, 6.07) is 0.618. The van der Waals surface area contributed by atoms with E-state index in [1.54, 1.807) is 0 Å². The standard InChI is InChI=1S/C14H32N4/c1-14(2)15-6-5-7-17-10-12-18(13-11-17)9-8-16(3)4/h14-15H,5-13H2,1-4H3. The van der Waals surface area contributed by atoms with E-state index in [0.717, 1.165) is 6.54 Å². The van der Waals surface area contributed by atoms with Gasteiger partial charge in [0.05, 0.1) is 0 Å². The minimum atomic E-state index is 0.618. The predicted octanol–water partition coefficient (Wildman–Crippen LogP) is 0.554. The SMILES string of the molecule is CC(C)NCCCN1CCN(CCN(C)C)CC1. The van der Waals surface area contributed by atoms with Crippen LogP contribution in [-0.2, 0) is 0 Å². The number of nitrogens with zero attached hydrogens (tertiary/aromatic N) is 3. The van der Waals surface area contributed by atoms with Crippen molar-refractivity contribution in [2.75, 3.05) is 66.5 Å². The number of hydrogen-bond donors (Lipinski definition) is 1. The van der Waals surface area contributed by atoms with Crippen LogP contribution in [0, 0.1) is 0 Å². The van der Waals surface area contributed by atoms with Crippen LogP contribution in [-0.4, -0.2) is 87.2 Å². The van der Waals surface area contributed by atoms with Crippen LogP contribution in [0.5, 0.6) is 0 Å². The van der Waals surface area contributed by atoms with Gasteiger partial charge in [-0.05, 0) is 33.6 Å². The van der Waals surface area contributed by atoms with Gasteiger partial charge in [-0.2, -0.15) is 0 Å². The summed E-state index contributed by atoms with van der Waals surface area (Å²) in [6.45, 7) is 14.2. The molecule has 1 rings (SSSR count). The number of hydrogen-bond acceptors (Lipinski definition) is 4. The van der Waals surface area contributed by atoms with Crippen molar-refractivity contribution >= 4 is 0 Å². The Morgan fingerprint density at radius 1 is 1.00 bits per heavy atom. The van der Waals surface area contributed by atoms with E-state index in [0.29, 0.717) is 6.04 Å². The van der Waals surface area contributed by atoms with Crippen molar-refractivity contribution in [1.29, 1.82) is 0 Å². The largest absolute Gasteiger partial charge is 0.314 e. The molecule has 0 amide bonds. The molecule has 1 aliphatic heterocycles. The summed E-state index contributed by atoms with van der Waals surface area (Å²) >= 11 is 0. The lowest BCUT2D eigenvalue weighted by molar-refractivity contribution is 0.124. The molecule has 0 atom stereocenters. The molecule has 0 radical (unpaired) electrons. The number of rotatable bonds is 8. The van der Waals surface area contributed by atoms with Crippen molar-refractivity contribution in [2.45, 2.75) is 26.3 Å². The van der Waals surface area contributed by atoms with Crippen LogP contribution in [0.15, 0.2) is 0 Å². The summed E-state index contributed by atoms with van der Waals surface area (Å²) < 4.78 is 0. The van der Waals surface area contributed by atoms with Gasteiger partial charge in [-0.25, -0.2) is 0 Å². The maximum atomic E-state index is 3.48. The molecule has 0 saturated carbocycles. The Bertz CT molecular complexity index is 198. The first kappa shape index (κ1) is 15.9. The van der Waals surface area contributed by atoms with Crippen molar-refractivity contribution in [2.24, 2.45) is 0 Å². The van der Waals surface area contributed by atoms with E-state index in [1.165, 1.54) is 52.2 Å². The summed E-state index contributed by atoms with van der Waals surface area (Å²) in [5, 5.41) is 3.48. The monoisotopic (exact) mass is 256 g/mol. The second kappa shape index (κ2) is 8.86. The molecule has 0 spiro atoms. The molecule has 0 unspecified atom stereocenters. The highest BCUT2D eigenvalue weighted by Gasteiger charge is 2.15.